The average molecular weight is 295 g/mol. The fourth-order valence-electron chi connectivity index (χ4n) is 3.19. The predicted octanol–water partition coefficient (Wildman–Crippen LogP) is 3.07. The van der Waals surface area contributed by atoms with Crippen molar-refractivity contribution in [3.05, 3.63) is 29.3 Å². The summed E-state index contributed by atoms with van der Waals surface area (Å²) in [6.07, 6.45) is 8.06. The van der Waals surface area contributed by atoms with E-state index in [1.54, 1.807) is 0 Å². The van der Waals surface area contributed by atoms with Crippen LogP contribution in [0.4, 0.5) is 5.69 Å². The van der Waals surface area contributed by atoms with Gasteiger partial charge in [-0.3, -0.25) is 4.79 Å². The minimum atomic E-state index is -0.00630. The van der Waals surface area contributed by atoms with Crippen molar-refractivity contribution < 1.29 is 4.79 Å². The van der Waals surface area contributed by atoms with Gasteiger partial charge in [0.15, 0.2) is 0 Å². The van der Waals surface area contributed by atoms with Crippen molar-refractivity contribution in [1.29, 1.82) is 0 Å². The lowest BCUT2D eigenvalue weighted by Gasteiger charge is -2.24. The molecule has 1 heterocycles. The molecule has 1 aliphatic carbocycles. The summed E-state index contributed by atoms with van der Waals surface area (Å²) in [5, 5.41) is 6.45. The molecule has 1 aromatic rings. The summed E-state index contributed by atoms with van der Waals surface area (Å²) in [6.45, 7) is 0.963. The molecule has 0 bridgehead atoms. The Hall–Kier alpha value is -1.06. The Bertz CT molecular complexity index is 470. The summed E-state index contributed by atoms with van der Waals surface area (Å²) in [5.41, 5.74) is 3.81. The van der Waals surface area contributed by atoms with Crippen molar-refractivity contribution in [3.8, 4) is 0 Å². The van der Waals surface area contributed by atoms with E-state index in [0.717, 1.165) is 37.9 Å². The summed E-state index contributed by atoms with van der Waals surface area (Å²) < 4.78 is 0. The van der Waals surface area contributed by atoms with Crippen LogP contribution < -0.4 is 10.6 Å². The molecular formula is C16H23ClN2O. The molecule has 1 atom stereocenters. The van der Waals surface area contributed by atoms with Crippen molar-refractivity contribution in [3.63, 3.8) is 0 Å². The molecule has 3 nitrogen and oxygen atoms in total. The van der Waals surface area contributed by atoms with E-state index in [1.165, 1.54) is 30.4 Å². The Kier molecular flexibility index (Phi) is 5.44. The normalized spacial score (nSPS) is 21.5. The minimum Gasteiger partial charge on any atom is -0.324 e. The van der Waals surface area contributed by atoms with Crippen LogP contribution in [0.3, 0.4) is 0 Å². The van der Waals surface area contributed by atoms with E-state index in [-0.39, 0.29) is 24.4 Å². The van der Waals surface area contributed by atoms with Crippen molar-refractivity contribution >= 4 is 24.0 Å². The number of rotatable bonds is 2. The minimum absolute atomic E-state index is 0. The summed E-state index contributed by atoms with van der Waals surface area (Å²) in [5.74, 6) is 0.138. The number of amides is 1. The Balaban J connectivity index is 0.00000147. The van der Waals surface area contributed by atoms with E-state index in [2.05, 4.69) is 22.8 Å². The number of carbonyl (C=O) groups excluding carboxylic acids is 1. The van der Waals surface area contributed by atoms with Crippen LogP contribution in [0.2, 0.25) is 0 Å². The van der Waals surface area contributed by atoms with Crippen LogP contribution >= 0.6 is 12.4 Å². The fourth-order valence-corrected chi connectivity index (χ4v) is 3.19. The smallest absolute Gasteiger partial charge is 0.241 e. The first-order valence-electron chi connectivity index (χ1n) is 7.49. The monoisotopic (exact) mass is 294 g/mol. The van der Waals surface area contributed by atoms with Crippen molar-refractivity contribution in [2.24, 2.45) is 0 Å². The maximum absolute atomic E-state index is 12.3. The molecule has 110 valence electrons. The number of carbonyl (C=O) groups is 1. The SMILES string of the molecule is Cl.O=C(Nc1cccc2c1CCCC2)[C@H]1CCCCN1. The van der Waals surface area contributed by atoms with Crippen LogP contribution in [-0.2, 0) is 17.6 Å². The molecule has 0 saturated carbocycles. The molecule has 2 N–H and O–H groups in total. The molecule has 0 spiro atoms. The third-order valence-electron chi connectivity index (χ3n) is 4.28. The van der Waals surface area contributed by atoms with E-state index in [0.29, 0.717) is 0 Å². The zero-order chi connectivity index (χ0) is 13.1. The van der Waals surface area contributed by atoms with Gasteiger partial charge in [0.1, 0.15) is 0 Å². The van der Waals surface area contributed by atoms with Gasteiger partial charge in [0.25, 0.3) is 0 Å². The van der Waals surface area contributed by atoms with Gasteiger partial charge in [0.05, 0.1) is 6.04 Å². The molecular weight excluding hydrogens is 272 g/mol. The lowest BCUT2D eigenvalue weighted by molar-refractivity contribution is -0.118. The molecule has 1 amide bonds. The maximum Gasteiger partial charge on any atom is 0.241 e. The fraction of sp³-hybridized carbons (Fsp3) is 0.562. The number of halogens is 1. The molecule has 1 aromatic carbocycles. The zero-order valence-electron chi connectivity index (χ0n) is 11.8. The highest BCUT2D eigenvalue weighted by molar-refractivity contribution is 5.95. The summed E-state index contributed by atoms with van der Waals surface area (Å²) in [4.78, 5) is 12.3. The molecule has 3 rings (SSSR count). The van der Waals surface area contributed by atoms with Gasteiger partial charge < -0.3 is 10.6 Å². The topological polar surface area (TPSA) is 41.1 Å². The Labute approximate surface area is 126 Å². The maximum atomic E-state index is 12.3. The van der Waals surface area contributed by atoms with Gasteiger partial charge in [0, 0.05) is 5.69 Å². The molecule has 0 unspecified atom stereocenters. The van der Waals surface area contributed by atoms with Crippen LogP contribution in [0.25, 0.3) is 0 Å². The molecule has 2 aliphatic rings. The largest absolute Gasteiger partial charge is 0.324 e. The van der Waals surface area contributed by atoms with Crippen molar-refractivity contribution in [2.45, 2.75) is 51.0 Å². The number of hydrogen-bond donors (Lipinski definition) is 2. The molecule has 20 heavy (non-hydrogen) atoms. The van der Waals surface area contributed by atoms with Crippen molar-refractivity contribution in [1.82, 2.24) is 5.32 Å². The highest BCUT2D eigenvalue weighted by Gasteiger charge is 2.22. The zero-order valence-corrected chi connectivity index (χ0v) is 12.6. The second-order valence-electron chi connectivity index (χ2n) is 5.64. The van der Waals surface area contributed by atoms with Crippen LogP contribution in [-0.4, -0.2) is 18.5 Å². The number of anilines is 1. The van der Waals surface area contributed by atoms with Gasteiger partial charge in [0.2, 0.25) is 5.91 Å². The van der Waals surface area contributed by atoms with E-state index >= 15 is 0 Å². The van der Waals surface area contributed by atoms with E-state index in [4.69, 9.17) is 0 Å². The molecule has 0 radical (unpaired) electrons. The number of hydrogen-bond acceptors (Lipinski definition) is 2. The summed E-state index contributed by atoms with van der Waals surface area (Å²) in [6, 6.07) is 6.30. The van der Waals surface area contributed by atoms with Crippen LogP contribution in [0.15, 0.2) is 18.2 Å². The molecule has 0 aromatic heterocycles. The first-order chi connectivity index (χ1) is 9.34. The number of piperidine rings is 1. The van der Waals surface area contributed by atoms with Gasteiger partial charge in [-0.1, -0.05) is 18.6 Å². The second kappa shape index (κ2) is 7.09. The highest BCUT2D eigenvalue weighted by atomic mass is 35.5. The molecule has 1 aliphatic heterocycles. The van der Waals surface area contributed by atoms with Gasteiger partial charge >= 0.3 is 0 Å². The predicted molar refractivity (Wildman–Crippen MR) is 84.6 cm³/mol. The molecule has 4 heteroatoms. The van der Waals surface area contributed by atoms with Gasteiger partial charge in [-0.15, -0.1) is 12.4 Å². The number of nitrogens with one attached hydrogen (secondary N) is 2. The number of fused-ring (bicyclic) bond motifs is 1. The number of benzene rings is 1. The quantitative estimate of drug-likeness (QED) is 0.880. The highest BCUT2D eigenvalue weighted by Crippen LogP contribution is 2.28. The van der Waals surface area contributed by atoms with E-state index in [9.17, 15) is 4.79 Å². The van der Waals surface area contributed by atoms with Crippen LogP contribution in [0.1, 0.15) is 43.2 Å². The van der Waals surface area contributed by atoms with Crippen LogP contribution in [0.5, 0.6) is 0 Å². The van der Waals surface area contributed by atoms with Gasteiger partial charge in [-0.05, 0) is 62.3 Å². The third-order valence-corrected chi connectivity index (χ3v) is 4.28. The standard InChI is InChI=1S/C16H22N2O.ClH/c19-16(15-9-3-4-11-17-15)18-14-10-5-7-12-6-1-2-8-13(12)14;/h5,7,10,15,17H,1-4,6,8-9,11H2,(H,18,19);1H/t15-;/m1./s1. The van der Waals surface area contributed by atoms with E-state index < -0.39 is 0 Å². The third kappa shape index (κ3) is 3.33. The lowest BCUT2D eigenvalue weighted by Crippen LogP contribution is -2.43. The van der Waals surface area contributed by atoms with Crippen molar-refractivity contribution in [2.75, 3.05) is 11.9 Å². The Morgan fingerprint density at radius 3 is 2.80 bits per heavy atom. The summed E-state index contributed by atoms with van der Waals surface area (Å²) >= 11 is 0. The van der Waals surface area contributed by atoms with E-state index in [1.807, 2.05) is 6.07 Å². The first kappa shape index (κ1) is 15.3. The number of aryl methyl sites for hydroxylation is 1. The first-order valence-corrected chi connectivity index (χ1v) is 7.49. The van der Waals surface area contributed by atoms with Crippen LogP contribution in [0, 0.1) is 0 Å². The van der Waals surface area contributed by atoms with Gasteiger partial charge in [-0.25, -0.2) is 0 Å². The average Bonchev–Trinajstić information content (AvgIpc) is 2.48. The lowest BCUT2D eigenvalue weighted by atomic mass is 9.90. The molecule has 1 fully saturated rings. The molecule has 1 saturated heterocycles. The van der Waals surface area contributed by atoms with Gasteiger partial charge in [-0.2, -0.15) is 0 Å². The summed E-state index contributed by atoms with van der Waals surface area (Å²) in [7, 11) is 0. The second-order valence-corrected chi connectivity index (χ2v) is 5.64. The Morgan fingerprint density at radius 1 is 1.15 bits per heavy atom. The Morgan fingerprint density at radius 2 is 2.00 bits per heavy atom.